The Labute approximate surface area is 165 Å². The highest BCUT2D eigenvalue weighted by Gasteiger charge is 2.19. The van der Waals surface area contributed by atoms with Crippen LogP contribution in [0.1, 0.15) is 31.7 Å². The molecule has 0 aliphatic heterocycles. The normalized spacial score (nSPS) is 10.9. The number of aromatic nitrogens is 2. The minimum absolute atomic E-state index is 0.0694. The van der Waals surface area contributed by atoms with Crippen molar-refractivity contribution in [3.05, 3.63) is 66.1 Å². The van der Waals surface area contributed by atoms with Crippen LogP contribution in [0.15, 0.2) is 59.1 Å². The molecule has 6 heteroatoms. The quantitative estimate of drug-likeness (QED) is 0.589. The van der Waals surface area contributed by atoms with Gasteiger partial charge in [-0.25, -0.2) is 0 Å². The molecular formula is C22H25N3O3. The second kappa shape index (κ2) is 9.17. The van der Waals surface area contributed by atoms with Crippen molar-refractivity contribution in [2.45, 2.75) is 39.3 Å². The maximum atomic E-state index is 12.7. The molecule has 0 aliphatic carbocycles. The highest BCUT2D eigenvalue weighted by atomic mass is 16.5. The van der Waals surface area contributed by atoms with E-state index in [0.717, 1.165) is 16.9 Å². The largest absolute Gasteiger partial charge is 0.497 e. The fraction of sp³-hybridized carbons (Fsp3) is 0.318. The number of amides is 1. The maximum Gasteiger partial charge on any atom is 0.227 e. The molecule has 0 fully saturated rings. The number of benzene rings is 2. The van der Waals surface area contributed by atoms with Gasteiger partial charge in [0.15, 0.2) is 0 Å². The van der Waals surface area contributed by atoms with Gasteiger partial charge in [0, 0.05) is 31.0 Å². The Morgan fingerprint density at radius 1 is 1.14 bits per heavy atom. The topological polar surface area (TPSA) is 68.5 Å². The van der Waals surface area contributed by atoms with E-state index in [2.05, 4.69) is 10.1 Å². The summed E-state index contributed by atoms with van der Waals surface area (Å²) in [7, 11) is 1.61. The van der Waals surface area contributed by atoms with Crippen LogP contribution >= 0.6 is 0 Å². The van der Waals surface area contributed by atoms with Crippen LogP contribution in [-0.2, 0) is 17.8 Å². The lowest BCUT2D eigenvalue weighted by atomic mass is 10.1. The summed E-state index contributed by atoms with van der Waals surface area (Å²) in [6, 6.07) is 17.6. The van der Waals surface area contributed by atoms with E-state index in [4.69, 9.17) is 9.26 Å². The Kier molecular flexibility index (Phi) is 6.42. The van der Waals surface area contributed by atoms with Gasteiger partial charge in [-0.05, 0) is 31.5 Å². The second-order valence-corrected chi connectivity index (χ2v) is 6.84. The molecule has 6 nitrogen and oxygen atoms in total. The highest BCUT2D eigenvalue weighted by molar-refractivity contribution is 5.76. The standard InChI is InChI=1S/C22H25N3O3/c1-16(2)25(15-17-8-5-4-6-9-17)21(26)13-12-20-23-22(24-28-20)18-10-7-11-19(14-18)27-3/h4-11,14,16H,12-13,15H2,1-3H3. The SMILES string of the molecule is COc1cccc(-c2noc(CCC(=O)N(Cc3ccccc3)C(C)C)n2)c1. The zero-order valence-corrected chi connectivity index (χ0v) is 16.5. The smallest absolute Gasteiger partial charge is 0.227 e. The van der Waals surface area contributed by atoms with E-state index in [0.29, 0.717) is 31.1 Å². The first-order chi connectivity index (χ1) is 13.6. The van der Waals surface area contributed by atoms with Crippen molar-refractivity contribution in [1.82, 2.24) is 15.0 Å². The van der Waals surface area contributed by atoms with Gasteiger partial charge in [0.05, 0.1) is 7.11 Å². The molecule has 3 rings (SSSR count). The Bertz CT molecular complexity index is 906. The van der Waals surface area contributed by atoms with E-state index >= 15 is 0 Å². The van der Waals surface area contributed by atoms with E-state index in [9.17, 15) is 4.79 Å². The van der Waals surface area contributed by atoms with Gasteiger partial charge in [-0.2, -0.15) is 4.98 Å². The Morgan fingerprint density at radius 3 is 2.64 bits per heavy atom. The first-order valence-corrected chi connectivity index (χ1v) is 9.37. The summed E-state index contributed by atoms with van der Waals surface area (Å²) in [5, 5.41) is 4.02. The van der Waals surface area contributed by atoms with Gasteiger partial charge in [0.1, 0.15) is 5.75 Å². The van der Waals surface area contributed by atoms with E-state index in [1.54, 1.807) is 7.11 Å². The van der Waals surface area contributed by atoms with Gasteiger partial charge >= 0.3 is 0 Å². The van der Waals surface area contributed by atoms with E-state index in [1.165, 1.54) is 0 Å². The van der Waals surface area contributed by atoms with Crippen LogP contribution in [0.25, 0.3) is 11.4 Å². The average molecular weight is 379 g/mol. The average Bonchev–Trinajstić information content (AvgIpc) is 3.20. The third kappa shape index (κ3) is 4.97. The molecule has 0 spiro atoms. The van der Waals surface area contributed by atoms with Gasteiger partial charge in [-0.3, -0.25) is 4.79 Å². The van der Waals surface area contributed by atoms with Crippen LogP contribution in [0.2, 0.25) is 0 Å². The fourth-order valence-corrected chi connectivity index (χ4v) is 2.93. The van der Waals surface area contributed by atoms with Crippen LogP contribution < -0.4 is 4.74 Å². The van der Waals surface area contributed by atoms with Crippen molar-refractivity contribution >= 4 is 5.91 Å². The number of ether oxygens (including phenoxy) is 1. The number of carbonyl (C=O) groups is 1. The minimum atomic E-state index is 0.0694. The van der Waals surface area contributed by atoms with Crippen molar-refractivity contribution in [2.24, 2.45) is 0 Å². The predicted octanol–water partition coefficient (Wildman–Crippen LogP) is 4.12. The van der Waals surface area contributed by atoms with Gasteiger partial charge in [0.2, 0.25) is 17.6 Å². The molecule has 0 aliphatic rings. The molecule has 0 saturated heterocycles. The molecule has 0 saturated carbocycles. The second-order valence-electron chi connectivity index (χ2n) is 6.84. The van der Waals surface area contributed by atoms with Crippen molar-refractivity contribution in [3.8, 4) is 17.1 Å². The molecule has 0 radical (unpaired) electrons. The molecule has 0 atom stereocenters. The molecule has 2 aromatic carbocycles. The lowest BCUT2D eigenvalue weighted by Crippen LogP contribution is -2.36. The molecule has 1 aromatic heterocycles. The van der Waals surface area contributed by atoms with Gasteiger partial charge in [-0.15, -0.1) is 0 Å². The zero-order chi connectivity index (χ0) is 19.9. The lowest BCUT2D eigenvalue weighted by molar-refractivity contribution is -0.133. The van der Waals surface area contributed by atoms with E-state index < -0.39 is 0 Å². The number of hydrogen-bond acceptors (Lipinski definition) is 5. The van der Waals surface area contributed by atoms with Crippen molar-refractivity contribution in [1.29, 1.82) is 0 Å². The van der Waals surface area contributed by atoms with Crippen LogP contribution in [0, 0.1) is 0 Å². The van der Waals surface area contributed by atoms with Crippen molar-refractivity contribution in [2.75, 3.05) is 7.11 Å². The first-order valence-electron chi connectivity index (χ1n) is 9.37. The molecule has 1 heterocycles. The van der Waals surface area contributed by atoms with E-state index in [1.807, 2.05) is 73.3 Å². The lowest BCUT2D eigenvalue weighted by Gasteiger charge is -2.26. The molecule has 146 valence electrons. The number of hydrogen-bond donors (Lipinski definition) is 0. The highest BCUT2D eigenvalue weighted by Crippen LogP contribution is 2.21. The maximum absolute atomic E-state index is 12.7. The molecule has 28 heavy (non-hydrogen) atoms. The summed E-state index contributed by atoms with van der Waals surface area (Å²) in [5.74, 6) is 1.74. The van der Waals surface area contributed by atoms with Crippen LogP contribution in [0.4, 0.5) is 0 Å². The van der Waals surface area contributed by atoms with Gasteiger partial charge < -0.3 is 14.2 Å². The third-order valence-corrected chi connectivity index (χ3v) is 4.49. The van der Waals surface area contributed by atoms with Gasteiger partial charge in [0.25, 0.3) is 0 Å². The zero-order valence-electron chi connectivity index (χ0n) is 16.5. The Hall–Kier alpha value is -3.15. The predicted molar refractivity (Wildman–Crippen MR) is 107 cm³/mol. The van der Waals surface area contributed by atoms with Crippen molar-refractivity contribution < 1.29 is 14.1 Å². The Balaban J connectivity index is 1.62. The Morgan fingerprint density at radius 2 is 1.93 bits per heavy atom. The summed E-state index contributed by atoms with van der Waals surface area (Å²) in [6.45, 7) is 4.64. The number of carbonyl (C=O) groups excluding carboxylic acids is 1. The molecule has 1 amide bonds. The molecule has 0 N–H and O–H groups in total. The van der Waals surface area contributed by atoms with Crippen LogP contribution in [-0.4, -0.2) is 34.1 Å². The summed E-state index contributed by atoms with van der Waals surface area (Å²) in [4.78, 5) is 19.0. The summed E-state index contributed by atoms with van der Waals surface area (Å²) >= 11 is 0. The fourth-order valence-electron chi connectivity index (χ4n) is 2.93. The number of methoxy groups -OCH3 is 1. The van der Waals surface area contributed by atoms with Crippen molar-refractivity contribution in [3.63, 3.8) is 0 Å². The molecule has 3 aromatic rings. The minimum Gasteiger partial charge on any atom is -0.497 e. The van der Waals surface area contributed by atoms with Gasteiger partial charge in [-0.1, -0.05) is 47.6 Å². The number of aryl methyl sites for hydroxylation is 1. The number of rotatable bonds is 8. The third-order valence-electron chi connectivity index (χ3n) is 4.49. The van der Waals surface area contributed by atoms with Crippen LogP contribution in [0.3, 0.4) is 0 Å². The number of nitrogens with zero attached hydrogens (tertiary/aromatic N) is 3. The first kappa shape index (κ1) is 19.6. The summed E-state index contributed by atoms with van der Waals surface area (Å²) < 4.78 is 10.6. The molecule has 0 bridgehead atoms. The molecular weight excluding hydrogens is 354 g/mol. The summed E-state index contributed by atoms with van der Waals surface area (Å²) in [5.41, 5.74) is 1.93. The summed E-state index contributed by atoms with van der Waals surface area (Å²) in [6.07, 6.45) is 0.735. The van der Waals surface area contributed by atoms with Crippen LogP contribution in [0.5, 0.6) is 5.75 Å². The van der Waals surface area contributed by atoms with E-state index in [-0.39, 0.29) is 11.9 Å². The molecule has 0 unspecified atom stereocenters. The monoisotopic (exact) mass is 379 g/mol.